The second-order valence-electron chi connectivity index (χ2n) is 6.87. The van der Waals surface area contributed by atoms with Crippen molar-refractivity contribution in [3.05, 3.63) is 63.7 Å². The molecule has 10 heteroatoms. The van der Waals surface area contributed by atoms with Crippen molar-refractivity contribution in [1.29, 1.82) is 0 Å². The summed E-state index contributed by atoms with van der Waals surface area (Å²) >= 11 is 0. The Hall–Kier alpha value is -3.95. The van der Waals surface area contributed by atoms with Crippen LogP contribution in [0.3, 0.4) is 0 Å². The predicted molar refractivity (Wildman–Crippen MR) is 113 cm³/mol. The third-order valence-electron chi connectivity index (χ3n) is 4.43. The average molecular weight is 428 g/mol. The lowest BCUT2D eigenvalue weighted by Crippen LogP contribution is -2.47. The Balaban J connectivity index is 1.76. The van der Waals surface area contributed by atoms with Crippen LogP contribution < -0.4 is 20.9 Å². The molecule has 0 fully saturated rings. The molecule has 1 atom stereocenters. The Morgan fingerprint density at radius 1 is 1.00 bits per heavy atom. The van der Waals surface area contributed by atoms with Crippen molar-refractivity contribution in [3.8, 4) is 5.75 Å². The molecule has 1 unspecified atom stereocenters. The smallest absolute Gasteiger partial charge is 0.310 e. The number of nitrogens with zero attached hydrogens (tertiary/aromatic N) is 1. The number of hydrogen-bond acceptors (Lipinski definition) is 6. The number of nitro groups is 1. The molecular formula is C21H24N4O6. The van der Waals surface area contributed by atoms with Crippen molar-refractivity contribution in [1.82, 2.24) is 10.9 Å². The molecule has 3 amide bonds. The zero-order valence-electron chi connectivity index (χ0n) is 17.4. The van der Waals surface area contributed by atoms with E-state index >= 15 is 0 Å². The van der Waals surface area contributed by atoms with E-state index < -0.39 is 22.8 Å². The third kappa shape index (κ3) is 7.11. The van der Waals surface area contributed by atoms with E-state index in [-0.39, 0.29) is 30.2 Å². The molecule has 0 bridgehead atoms. The van der Waals surface area contributed by atoms with Gasteiger partial charge in [-0.3, -0.25) is 35.3 Å². The Labute approximate surface area is 179 Å². The SMILES string of the molecule is Cc1ccc(NC(=O)CCC(=O)NNC(=O)C(C)Oc2ccccc2[N+](=O)[O-])cc1C. The molecule has 3 N–H and O–H groups in total. The summed E-state index contributed by atoms with van der Waals surface area (Å²) in [5.74, 6) is -1.67. The number of rotatable bonds is 8. The first-order valence-corrected chi connectivity index (χ1v) is 9.53. The molecule has 0 heterocycles. The molecule has 2 aromatic carbocycles. The molecule has 0 aliphatic heterocycles. The zero-order valence-corrected chi connectivity index (χ0v) is 17.4. The van der Waals surface area contributed by atoms with Crippen molar-refractivity contribution in [2.45, 2.75) is 39.7 Å². The van der Waals surface area contributed by atoms with Gasteiger partial charge >= 0.3 is 5.69 Å². The van der Waals surface area contributed by atoms with E-state index in [0.29, 0.717) is 5.69 Å². The minimum atomic E-state index is -1.10. The van der Waals surface area contributed by atoms with Crippen LogP contribution in [0.2, 0.25) is 0 Å². The van der Waals surface area contributed by atoms with Crippen LogP contribution in [0, 0.1) is 24.0 Å². The molecule has 0 aliphatic rings. The molecule has 0 saturated carbocycles. The van der Waals surface area contributed by atoms with E-state index in [1.54, 1.807) is 6.07 Å². The van der Waals surface area contributed by atoms with Crippen LogP contribution in [-0.4, -0.2) is 28.7 Å². The zero-order chi connectivity index (χ0) is 23.0. The fraction of sp³-hybridized carbons (Fsp3) is 0.286. The first-order chi connectivity index (χ1) is 14.7. The highest BCUT2D eigenvalue weighted by Gasteiger charge is 2.21. The molecule has 2 aromatic rings. The van der Waals surface area contributed by atoms with Gasteiger partial charge in [-0.05, 0) is 50.1 Å². The van der Waals surface area contributed by atoms with Crippen LogP contribution in [-0.2, 0) is 14.4 Å². The van der Waals surface area contributed by atoms with Crippen molar-refractivity contribution in [3.63, 3.8) is 0 Å². The molecule has 0 radical (unpaired) electrons. The van der Waals surface area contributed by atoms with Gasteiger partial charge in [0.05, 0.1) is 4.92 Å². The second-order valence-corrected chi connectivity index (χ2v) is 6.87. The van der Waals surface area contributed by atoms with E-state index in [0.717, 1.165) is 11.1 Å². The highest BCUT2D eigenvalue weighted by Crippen LogP contribution is 2.26. The van der Waals surface area contributed by atoms with Gasteiger partial charge < -0.3 is 10.1 Å². The number of hydrogen-bond donors (Lipinski definition) is 3. The Morgan fingerprint density at radius 2 is 1.68 bits per heavy atom. The number of carbonyl (C=O) groups excluding carboxylic acids is 3. The molecule has 0 aromatic heterocycles. The number of hydrazine groups is 1. The van der Waals surface area contributed by atoms with Gasteiger partial charge in [0.2, 0.25) is 11.8 Å². The minimum absolute atomic E-state index is 0.0653. The molecule has 31 heavy (non-hydrogen) atoms. The van der Waals surface area contributed by atoms with Crippen molar-refractivity contribution in [2.24, 2.45) is 0 Å². The summed E-state index contributed by atoms with van der Waals surface area (Å²) < 4.78 is 5.31. The topological polar surface area (TPSA) is 140 Å². The van der Waals surface area contributed by atoms with E-state index in [1.807, 2.05) is 26.0 Å². The van der Waals surface area contributed by atoms with E-state index in [2.05, 4.69) is 16.2 Å². The molecule has 0 aliphatic carbocycles. The largest absolute Gasteiger partial charge is 0.474 e. The number of amides is 3. The number of carbonyl (C=O) groups is 3. The van der Waals surface area contributed by atoms with Crippen molar-refractivity contribution < 1.29 is 24.0 Å². The van der Waals surface area contributed by atoms with Gasteiger partial charge in [-0.15, -0.1) is 0 Å². The molecule has 2 rings (SSSR count). The van der Waals surface area contributed by atoms with E-state index in [1.165, 1.54) is 31.2 Å². The number of aryl methyl sites for hydroxylation is 2. The van der Waals surface area contributed by atoms with Gasteiger partial charge in [-0.1, -0.05) is 18.2 Å². The maximum Gasteiger partial charge on any atom is 0.310 e. The van der Waals surface area contributed by atoms with Crippen LogP contribution in [0.15, 0.2) is 42.5 Å². The monoisotopic (exact) mass is 428 g/mol. The van der Waals surface area contributed by atoms with E-state index in [9.17, 15) is 24.5 Å². The summed E-state index contributed by atoms with van der Waals surface area (Å²) in [4.78, 5) is 46.3. The van der Waals surface area contributed by atoms with Gasteiger partial charge in [-0.25, -0.2) is 0 Å². The Bertz CT molecular complexity index is 992. The summed E-state index contributed by atoms with van der Waals surface area (Å²) in [6.07, 6.45) is -1.32. The fourth-order valence-corrected chi connectivity index (χ4v) is 2.52. The van der Waals surface area contributed by atoms with E-state index in [4.69, 9.17) is 4.74 Å². The number of anilines is 1. The maximum absolute atomic E-state index is 12.1. The highest BCUT2D eigenvalue weighted by molar-refractivity contribution is 5.93. The molecular weight excluding hydrogens is 404 g/mol. The van der Waals surface area contributed by atoms with Crippen molar-refractivity contribution in [2.75, 3.05) is 5.32 Å². The van der Waals surface area contributed by atoms with Crippen LogP contribution in [0.5, 0.6) is 5.75 Å². The van der Waals surface area contributed by atoms with Gasteiger partial charge in [0.25, 0.3) is 5.91 Å². The van der Waals surface area contributed by atoms with Crippen molar-refractivity contribution >= 4 is 29.1 Å². The maximum atomic E-state index is 12.1. The molecule has 164 valence electrons. The number of benzene rings is 2. The number of para-hydroxylation sites is 2. The van der Waals surface area contributed by atoms with Crippen LogP contribution in [0.25, 0.3) is 0 Å². The first kappa shape index (κ1) is 23.3. The first-order valence-electron chi connectivity index (χ1n) is 9.53. The summed E-state index contributed by atoms with van der Waals surface area (Å²) in [6.45, 7) is 5.28. The standard InChI is InChI=1S/C21H24N4O6/c1-13-8-9-16(12-14(13)2)22-19(26)10-11-20(27)23-24-21(28)15(3)31-18-7-5-4-6-17(18)25(29)30/h4-9,12,15H,10-11H2,1-3H3,(H,22,26)(H,23,27)(H,24,28). The lowest BCUT2D eigenvalue weighted by Gasteiger charge is -2.15. The lowest BCUT2D eigenvalue weighted by molar-refractivity contribution is -0.386. The summed E-state index contributed by atoms with van der Waals surface area (Å²) in [6, 6.07) is 11.1. The third-order valence-corrected chi connectivity index (χ3v) is 4.43. The van der Waals surface area contributed by atoms with Crippen LogP contribution in [0.4, 0.5) is 11.4 Å². The van der Waals surface area contributed by atoms with Gasteiger partial charge in [0.15, 0.2) is 11.9 Å². The van der Waals surface area contributed by atoms with Gasteiger partial charge in [0.1, 0.15) is 0 Å². The van der Waals surface area contributed by atoms with Gasteiger partial charge in [-0.2, -0.15) is 0 Å². The lowest BCUT2D eigenvalue weighted by atomic mass is 10.1. The Morgan fingerprint density at radius 3 is 2.35 bits per heavy atom. The summed E-state index contributed by atoms with van der Waals surface area (Å²) in [5, 5.41) is 13.7. The van der Waals surface area contributed by atoms with Crippen LogP contribution in [0.1, 0.15) is 30.9 Å². The second kappa shape index (κ2) is 10.7. The number of nitrogens with one attached hydrogen (secondary N) is 3. The number of ether oxygens (including phenoxy) is 1. The van der Waals surface area contributed by atoms with Crippen LogP contribution >= 0.6 is 0 Å². The molecule has 10 nitrogen and oxygen atoms in total. The Kier molecular flexibility index (Phi) is 8.07. The van der Waals surface area contributed by atoms with Gasteiger partial charge in [0, 0.05) is 24.6 Å². The molecule has 0 spiro atoms. The summed E-state index contributed by atoms with van der Waals surface area (Å²) in [7, 11) is 0. The molecule has 0 saturated heterocycles. The highest BCUT2D eigenvalue weighted by atomic mass is 16.6. The minimum Gasteiger partial charge on any atom is -0.474 e. The quantitative estimate of drug-likeness (QED) is 0.436. The predicted octanol–water partition coefficient (Wildman–Crippen LogP) is 2.55. The average Bonchev–Trinajstić information content (AvgIpc) is 2.73. The summed E-state index contributed by atoms with van der Waals surface area (Å²) in [5.41, 5.74) is 6.87. The normalized spacial score (nSPS) is 11.2. The fourth-order valence-electron chi connectivity index (χ4n) is 2.52. The number of nitro benzene ring substituents is 1.